The normalized spacial score (nSPS) is 12.0. The minimum atomic E-state index is -0.975. The molecule has 0 saturated carbocycles. The molecule has 0 bridgehead atoms. The molecule has 0 fully saturated rings. The molecule has 0 radical (unpaired) electrons. The summed E-state index contributed by atoms with van der Waals surface area (Å²) in [6.45, 7) is 1.47. The molecule has 0 aromatic heterocycles. The second-order valence-corrected chi connectivity index (χ2v) is 6.36. The lowest BCUT2D eigenvalue weighted by Crippen LogP contribution is -2.29. The van der Waals surface area contributed by atoms with Crippen LogP contribution < -0.4 is 5.32 Å². The summed E-state index contributed by atoms with van der Waals surface area (Å²) in [5.41, 5.74) is 1.13. The van der Waals surface area contributed by atoms with E-state index in [9.17, 15) is 9.59 Å². The van der Waals surface area contributed by atoms with Crippen molar-refractivity contribution in [1.29, 1.82) is 0 Å². The van der Waals surface area contributed by atoms with E-state index in [-0.39, 0.29) is 0 Å². The highest BCUT2D eigenvalue weighted by atomic mass is 35.5. The second kappa shape index (κ2) is 8.90. The number of halogens is 3. The summed E-state index contributed by atoms with van der Waals surface area (Å²) >= 11 is 17.7. The van der Waals surface area contributed by atoms with Crippen LogP contribution in [0.15, 0.2) is 48.5 Å². The van der Waals surface area contributed by atoms with Crippen molar-refractivity contribution in [3.8, 4) is 0 Å². The Labute approximate surface area is 160 Å². The Hall–Kier alpha value is -2.01. The van der Waals surface area contributed by atoms with Gasteiger partial charge in [0.05, 0.1) is 0 Å². The number of benzene rings is 2. The molecule has 0 heterocycles. The summed E-state index contributed by atoms with van der Waals surface area (Å²) < 4.78 is 5.06. The van der Waals surface area contributed by atoms with Gasteiger partial charge in [-0.2, -0.15) is 0 Å². The van der Waals surface area contributed by atoms with Crippen LogP contribution in [0.5, 0.6) is 0 Å². The molecule has 2 rings (SSSR count). The molecule has 0 saturated heterocycles. The fourth-order valence-electron chi connectivity index (χ4n) is 1.87. The Morgan fingerprint density at radius 1 is 1.08 bits per heavy atom. The molecular weight excluding hydrogens is 385 g/mol. The van der Waals surface area contributed by atoms with E-state index in [0.717, 1.165) is 0 Å². The molecule has 0 aliphatic carbocycles. The summed E-state index contributed by atoms with van der Waals surface area (Å²) in [5.74, 6) is -1.13. The number of ether oxygens (including phenoxy) is 1. The molecule has 130 valence electrons. The average Bonchev–Trinajstić information content (AvgIpc) is 2.54. The van der Waals surface area contributed by atoms with E-state index < -0.39 is 18.0 Å². The smallest absolute Gasteiger partial charge is 0.331 e. The first-order valence-electron chi connectivity index (χ1n) is 7.25. The lowest BCUT2D eigenvalue weighted by molar-refractivity contribution is -0.148. The summed E-state index contributed by atoms with van der Waals surface area (Å²) in [5, 5.41) is 4.01. The predicted molar refractivity (Wildman–Crippen MR) is 101 cm³/mol. The maximum Gasteiger partial charge on any atom is 0.331 e. The van der Waals surface area contributed by atoms with Crippen LogP contribution in [0.3, 0.4) is 0 Å². The van der Waals surface area contributed by atoms with Crippen LogP contribution in [0.1, 0.15) is 12.5 Å². The van der Waals surface area contributed by atoms with Crippen molar-refractivity contribution in [2.24, 2.45) is 0 Å². The van der Waals surface area contributed by atoms with Gasteiger partial charge in [0.15, 0.2) is 6.10 Å². The first-order valence-corrected chi connectivity index (χ1v) is 8.39. The van der Waals surface area contributed by atoms with Crippen LogP contribution in [0.2, 0.25) is 15.1 Å². The Bertz CT molecular complexity index is 821. The largest absolute Gasteiger partial charge is 0.449 e. The van der Waals surface area contributed by atoms with E-state index in [2.05, 4.69) is 5.32 Å². The third kappa shape index (κ3) is 6.09. The third-order valence-corrected chi connectivity index (χ3v) is 3.91. The van der Waals surface area contributed by atoms with Crippen LogP contribution in [0.25, 0.3) is 6.08 Å². The predicted octanol–water partition coefficient (Wildman–Crippen LogP) is 5.23. The van der Waals surface area contributed by atoms with E-state index in [1.165, 1.54) is 19.1 Å². The first kappa shape index (κ1) is 19.3. The zero-order valence-corrected chi connectivity index (χ0v) is 15.4. The highest BCUT2D eigenvalue weighted by molar-refractivity contribution is 6.35. The average molecular weight is 399 g/mol. The van der Waals surface area contributed by atoms with Gasteiger partial charge in [-0.1, -0.05) is 46.9 Å². The molecule has 7 heteroatoms. The third-order valence-electron chi connectivity index (χ3n) is 3.12. The van der Waals surface area contributed by atoms with E-state index in [0.29, 0.717) is 26.3 Å². The molecular formula is C18H14Cl3NO3. The number of carbonyl (C=O) groups is 2. The van der Waals surface area contributed by atoms with Gasteiger partial charge < -0.3 is 10.1 Å². The van der Waals surface area contributed by atoms with Crippen LogP contribution in [-0.4, -0.2) is 18.0 Å². The summed E-state index contributed by atoms with van der Waals surface area (Å²) in [6, 6.07) is 11.6. The standard InChI is InChI=1S/C18H14Cl3NO3/c1-11(18(24)22-15-4-2-3-13(19)9-15)25-17(23)8-6-12-5-7-14(20)10-16(12)21/h2-11H,1H3,(H,22,24)/b8-6+. The van der Waals surface area contributed by atoms with Crippen molar-refractivity contribution < 1.29 is 14.3 Å². The van der Waals surface area contributed by atoms with Crippen LogP contribution >= 0.6 is 34.8 Å². The van der Waals surface area contributed by atoms with Crippen LogP contribution in [0, 0.1) is 0 Å². The number of rotatable bonds is 5. The molecule has 0 aliphatic heterocycles. The van der Waals surface area contributed by atoms with Crippen molar-refractivity contribution in [3.63, 3.8) is 0 Å². The van der Waals surface area contributed by atoms with Crippen LogP contribution in [-0.2, 0) is 14.3 Å². The number of anilines is 1. The second-order valence-electron chi connectivity index (χ2n) is 5.08. The van der Waals surface area contributed by atoms with Gasteiger partial charge in [0.2, 0.25) is 0 Å². The number of carbonyl (C=O) groups excluding carboxylic acids is 2. The molecule has 0 spiro atoms. The van der Waals surface area contributed by atoms with Gasteiger partial charge in [-0.15, -0.1) is 0 Å². The molecule has 2 aromatic carbocycles. The van der Waals surface area contributed by atoms with Gasteiger partial charge in [0.1, 0.15) is 0 Å². The Morgan fingerprint density at radius 2 is 1.80 bits per heavy atom. The van der Waals surface area contributed by atoms with E-state index in [4.69, 9.17) is 39.5 Å². The monoisotopic (exact) mass is 397 g/mol. The quantitative estimate of drug-likeness (QED) is 0.554. The van der Waals surface area contributed by atoms with Gasteiger partial charge in [0, 0.05) is 26.8 Å². The molecule has 2 aromatic rings. The van der Waals surface area contributed by atoms with Crippen molar-refractivity contribution in [2.75, 3.05) is 5.32 Å². The number of amides is 1. The number of hydrogen-bond donors (Lipinski definition) is 1. The topological polar surface area (TPSA) is 55.4 Å². The molecule has 1 atom stereocenters. The number of hydrogen-bond acceptors (Lipinski definition) is 3. The Balaban J connectivity index is 1.92. The van der Waals surface area contributed by atoms with Crippen molar-refractivity contribution >= 4 is 58.4 Å². The summed E-state index contributed by atoms with van der Waals surface area (Å²) in [4.78, 5) is 23.9. The zero-order chi connectivity index (χ0) is 18.4. The lowest BCUT2D eigenvalue weighted by Gasteiger charge is -2.12. The number of nitrogens with one attached hydrogen (secondary N) is 1. The van der Waals surface area contributed by atoms with Crippen molar-refractivity contribution in [3.05, 3.63) is 69.2 Å². The lowest BCUT2D eigenvalue weighted by atomic mass is 10.2. The minimum absolute atomic E-state index is 0.406. The van der Waals surface area contributed by atoms with Gasteiger partial charge in [-0.3, -0.25) is 4.79 Å². The van der Waals surface area contributed by atoms with Gasteiger partial charge in [-0.05, 0) is 48.9 Å². The van der Waals surface area contributed by atoms with Gasteiger partial charge >= 0.3 is 5.97 Å². The first-order chi connectivity index (χ1) is 11.8. The fourth-order valence-corrected chi connectivity index (χ4v) is 2.53. The fraction of sp³-hybridized carbons (Fsp3) is 0.111. The maximum absolute atomic E-state index is 12.0. The van der Waals surface area contributed by atoms with Crippen molar-refractivity contribution in [2.45, 2.75) is 13.0 Å². The number of esters is 1. The molecule has 25 heavy (non-hydrogen) atoms. The SMILES string of the molecule is CC(OC(=O)/C=C/c1ccc(Cl)cc1Cl)C(=O)Nc1cccc(Cl)c1. The maximum atomic E-state index is 12.0. The highest BCUT2D eigenvalue weighted by Crippen LogP contribution is 2.22. The zero-order valence-electron chi connectivity index (χ0n) is 13.1. The highest BCUT2D eigenvalue weighted by Gasteiger charge is 2.16. The van der Waals surface area contributed by atoms with E-state index in [1.54, 1.807) is 42.5 Å². The molecule has 1 N–H and O–H groups in total. The molecule has 0 aliphatic rings. The Morgan fingerprint density at radius 3 is 2.48 bits per heavy atom. The van der Waals surface area contributed by atoms with Gasteiger partial charge in [0.25, 0.3) is 5.91 Å². The summed E-state index contributed by atoms with van der Waals surface area (Å²) in [7, 11) is 0. The molecule has 1 amide bonds. The van der Waals surface area contributed by atoms with Crippen LogP contribution in [0.4, 0.5) is 5.69 Å². The minimum Gasteiger partial charge on any atom is -0.449 e. The van der Waals surface area contributed by atoms with Crippen molar-refractivity contribution in [1.82, 2.24) is 0 Å². The summed E-state index contributed by atoms with van der Waals surface area (Å²) in [6.07, 6.45) is 1.71. The molecule has 1 unspecified atom stereocenters. The van der Waals surface area contributed by atoms with E-state index in [1.807, 2.05) is 0 Å². The van der Waals surface area contributed by atoms with Gasteiger partial charge in [-0.25, -0.2) is 4.79 Å². The van der Waals surface area contributed by atoms with E-state index >= 15 is 0 Å². The molecule has 4 nitrogen and oxygen atoms in total. The Kier molecular flexibility index (Phi) is 6.88.